The predicted octanol–water partition coefficient (Wildman–Crippen LogP) is 2.97. The van der Waals surface area contributed by atoms with Gasteiger partial charge in [-0.05, 0) is 48.6 Å². The van der Waals surface area contributed by atoms with Crippen LogP contribution in [0.25, 0.3) is 11.4 Å². The zero-order valence-corrected chi connectivity index (χ0v) is 14.3. The molecule has 1 atom stereocenters. The van der Waals surface area contributed by atoms with E-state index in [1.54, 1.807) is 7.11 Å². The van der Waals surface area contributed by atoms with Gasteiger partial charge in [0.1, 0.15) is 23.4 Å². The van der Waals surface area contributed by atoms with E-state index in [9.17, 15) is 0 Å². The predicted molar refractivity (Wildman–Crippen MR) is 89.7 cm³/mol. The number of nitrogen functional groups attached to an aromatic ring is 1. The summed E-state index contributed by atoms with van der Waals surface area (Å²) < 4.78 is 12.2. The van der Waals surface area contributed by atoms with Crippen LogP contribution in [0, 0.1) is 10.5 Å². The second kappa shape index (κ2) is 5.32. The van der Waals surface area contributed by atoms with Crippen molar-refractivity contribution in [3.63, 3.8) is 0 Å². The van der Waals surface area contributed by atoms with Gasteiger partial charge < -0.3 is 15.2 Å². The van der Waals surface area contributed by atoms with E-state index in [4.69, 9.17) is 15.2 Å². The van der Waals surface area contributed by atoms with Crippen LogP contribution in [-0.4, -0.2) is 23.2 Å². The number of aryl methyl sites for hydroxylation is 1. The van der Waals surface area contributed by atoms with Crippen LogP contribution in [0.15, 0.2) is 12.1 Å². The van der Waals surface area contributed by atoms with Gasteiger partial charge in [-0.1, -0.05) is 0 Å². The van der Waals surface area contributed by atoms with E-state index in [-0.39, 0.29) is 6.10 Å². The van der Waals surface area contributed by atoms with Gasteiger partial charge in [0, 0.05) is 12.0 Å². The molecule has 0 saturated heterocycles. The number of hydrogen-bond donors (Lipinski definition) is 1. The van der Waals surface area contributed by atoms with E-state index in [0.717, 1.165) is 38.3 Å². The maximum Gasteiger partial charge on any atom is 0.165 e. The second-order valence-corrected chi connectivity index (χ2v) is 6.20. The topological polar surface area (TPSA) is 70.3 Å². The highest BCUT2D eigenvalue weighted by molar-refractivity contribution is 14.1. The Hall–Kier alpha value is -1.57. The highest BCUT2D eigenvalue weighted by Crippen LogP contribution is 2.39. The summed E-state index contributed by atoms with van der Waals surface area (Å²) in [6, 6.07) is 3.94. The van der Waals surface area contributed by atoms with Crippen LogP contribution >= 0.6 is 22.6 Å². The van der Waals surface area contributed by atoms with Gasteiger partial charge in [-0.15, -0.1) is 0 Å². The third-order valence-corrected chi connectivity index (χ3v) is 4.83. The number of methoxy groups -OCH3 is 1. The monoisotopic (exact) mass is 397 g/mol. The van der Waals surface area contributed by atoms with Crippen molar-refractivity contribution >= 4 is 28.4 Å². The van der Waals surface area contributed by atoms with Gasteiger partial charge >= 0.3 is 0 Å². The molecule has 1 aromatic carbocycles. The quantitative estimate of drug-likeness (QED) is 0.790. The largest absolute Gasteiger partial charge is 0.496 e. The number of nitrogens with two attached hydrogens (primary N) is 1. The second-order valence-electron chi connectivity index (χ2n) is 5.12. The standard InChI is InChI=1S/C15H16IN3O2/c1-7-4-9-5-12(20-3)10(6-11(9)21-7)15-18-8(2)13(16)14(17)19-15/h5-7H,4H2,1-3H3,(H2,17,18,19). The average molecular weight is 397 g/mol. The minimum Gasteiger partial charge on any atom is -0.496 e. The van der Waals surface area contributed by atoms with Crippen molar-refractivity contribution in [3.05, 3.63) is 27.0 Å². The van der Waals surface area contributed by atoms with Crippen LogP contribution < -0.4 is 15.2 Å². The molecular formula is C15H16IN3O2. The fraction of sp³-hybridized carbons (Fsp3) is 0.333. The van der Waals surface area contributed by atoms with Crippen molar-refractivity contribution < 1.29 is 9.47 Å². The van der Waals surface area contributed by atoms with Gasteiger partial charge in [0.2, 0.25) is 0 Å². The van der Waals surface area contributed by atoms with Crippen molar-refractivity contribution in [2.24, 2.45) is 0 Å². The van der Waals surface area contributed by atoms with Crippen molar-refractivity contribution in [2.75, 3.05) is 12.8 Å². The fourth-order valence-electron chi connectivity index (χ4n) is 2.48. The van der Waals surface area contributed by atoms with Crippen molar-refractivity contribution in [1.29, 1.82) is 0 Å². The Morgan fingerprint density at radius 2 is 2.14 bits per heavy atom. The first-order valence-electron chi connectivity index (χ1n) is 6.67. The summed E-state index contributed by atoms with van der Waals surface area (Å²) in [5.74, 6) is 2.66. The van der Waals surface area contributed by atoms with Crippen LogP contribution in [0.2, 0.25) is 0 Å². The van der Waals surface area contributed by atoms with Crippen LogP contribution in [0.3, 0.4) is 0 Å². The SMILES string of the molecule is COc1cc2c(cc1-c1nc(C)c(I)c(N)n1)OC(C)C2. The molecule has 0 radical (unpaired) electrons. The fourth-order valence-corrected chi connectivity index (χ4v) is 2.73. The number of rotatable bonds is 2. The first kappa shape index (κ1) is 14.4. The molecule has 2 N–H and O–H groups in total. The number of benzene rings is 1. The summed E-state index contributed by atoms with van der Waals surface area (Å²) in [4.78, 5) is 8.90. The molecule has 1 aliphatic heterocycles. The molecular weight excluding hydrogens is 381 g/mol. The molecule has 1 unspecified atom stereocenters. The third kappa shape index (κ3) is 2.52. The lowest BCUT2D eigenvalue weighted by Gasteiger charge is -2.12. The number of ether oxygens (including phenoxy) is 2. The summed E-state index contributed by atoms with van der Waals surface area (Å²) in [7, 11) is 1.65. The molecule has 0 fully saturated rings. The average Bonchev–Trinajstić information content (AvgIpc) is 2.81. The molecule has 6 heteroatoms. The van der Waals surface area contributed by atoms with E-state index < -0.39 is 0 Å². The summed E-state index contributed by atoms with van der Waals surface area (Å²) >= 11 is 2.15. The minimum absolute atomic E-state index is 0.185. The maximum absolute atomic E-state index is 5.95. The molecule has 0 aliphatic carbocycles. The zero-order chi connectivity index (χ0) is 15.1. The summed E-state index contributed by atoms with van der Waals surface area (Å²) in [6.07, 6.45) is 1.07. The van der Waals surface area contributed by atoms with Gasteiger partial charge in [0.15, 0.2) is 5.82 Å². The highest BCUT2D eigenvalue weighted by Gasteiger charge is 2.23. The van der Waals surface area contributed by atoms with E-state index in [1.165, 1.54) is 0 Å². The smallest absolute Gasteiger partial charge is 0.165 e. The molecule has 0 bridgehead atoms. The normalized spacial score (nSPS) is 16.5. The Kier molecular flexibility index (Phi) is 3.64. The van der Waals surface area contributed by atoms with Crippen LogP contribution in [-0.2, 0) is 6.42 Å². The number of halogens is 1. The lowest BCUT2D eigenvalue weighted by atomic mass is 10.1. The molecule has 0 amide bonds. The zero-order valence-electron chi connectivity index (χ0n) is 12.1. The Labute approximate surface area is 137 Å². The molecule has 3 rings (SSSR count). The molecule has 110 valence electrons. The number of aromatic nitrogens is 2. The summed E-state index contributed by atoms with van der Waals surface area (Å²) in [6.45, 7) is 3.97. The van der Waals surface area contributed by atoms with Crippen molar-refractivity contribution in [3.8, 4) is 22.9 Å². The Bertz CT molecular complexity index is 695. The number of fused-ring (bicyclic) bond motifs is 1. The molecule has 2 aromatic rings. The molecule has 0 saturated carbocycles. The molecule has 5 nitrogen and oxygen atoms in total. The minimum atomic E-state index is 0.185. The molecule has 2 heterocycles. The lowest BCUT2D eigenvalue weighted by Crippen LogP contribution is -2.05. The van der Waals surface area contributed by atoms with Crippen molar-refractivity contribution in [1.82, 2.24) is 9.97 Å². The lowest BCUT2D eigenvalue weighted by molar-refractivity contribution is 0.254. The maximum atomic E-state index is 5.95. The number of hydrogen-bond acceptors (Lipinski definition) is 5. The molecule has 1 aromatic heterocycles. The van der Waals surface area contributed by atoms with Gasteiger partial charge in [-0.2, -0.15) is 0 Å². The first-order valence-corrected chi connectivity index (χ1v) is 7.75. The Morgan fingerprint density at radius 1 is 1.38 bits per heavy atom. The Balaban J connectivity index is 2.16. The molecule has 21 heavy (non-hydrogen) atoms. The number of anilines is 1. The van der Waals surface area contributed by atoms with Gasteiger partial charge in [0.25, 0.3) is 0 Å². The molecule has 0 spiro atoms. The number of nitrogens with zero attached hydrogens (tertiary/aromatic N) is 2. The van der Waals surface area contributed by atoms with Crippen LogP contribution in [0.5, 0.6) is 11.5 Å². The van der Waals surface area contributed by atoms with E-state index in [1.807, 2.05) is 19.1 Å². The molecule has 1 aliphatic rings. The van der Waals surface area contributed by atoms with Gasteiger partial charge in [-0.25, -0.2) is 9.97 Å². The van der Waals surface area contributed by atoms with Crippen molar-refractivity contribution in [2.45, 2.75) is 26.4 Å². The van der Waals surface area contributed by atoms with E-state index in [2.05, 4.69) is 39.5 Å². The van der Waals surface area contributed by atoms with Gasteiger partial charge in [0.05, 0.1) is 21.9 Å². The summed E-state index contributed by atoms with van der Waals surface area (Å²) in [5.41, 5.74) is 8.76. The third-order valence-electron chi connectivity index (χ3n) is 3.50. The van der Waals surface area contributed by atoms with E-state index in [0.29, 0.717) is 11.6 Å². The Morgan fingerprint density at radius 3 is 2.81 bits per heavy atom. The van der Waals surface area contributed by atoms with E-state index >= 15 is 0 Å². The van der Waals surface area contributed by atoms with Crippen LogP contribution in [0.1, 0.15) is 18.2 Å². The summed E-state index contributed by atoms with van der Waals surface area (Å²) in [5, 5.41) is 0. The first-order chi connectivity index (χ1) is 9.99. The highest BCUT2D eigenvalue weighted by atomic mass is 127. The van der Waals surface area contributed by atoms with Crippen LogP contribution in [0.4, 0.5) is 5.82 Å². The van der Waals surface area contributed by atoms with Gasteiger partial charge in [-0.3, -0.25) is 0 Å².